The number of quaternary nitrogens is 1. The molecule has 3 N–H and O–H groups in total. The summed E-state index contributed by atoms with van der Waals surface area (Å²) in [7, 11) is 5.18. The van der Waals surface area contributed by atoms with Gasteiger partial charge in [-0.3, -0.25) is 9.59 Å². The predicted molar refractivity (Wildman–Crippen MR) is 102 cm³/mol. The third kappa shape index (κ3) is 5.07. The molecule has 0 fully saturated rings. The fourth-order valence-electron chi connectivity index (χ4n) is 2.57. The Morgan fingerprint density at radius 2 is 1.85 bits per heavy atom. The number of benzene rings is 2. The Labute approximate surface area is 154 Å². The summed E-state index contributed by atoms with van der Waals surface area (Å²) in [6.07, 6.45) is 0. The second-order valence-electron chi connectivity index (χ2n) is 6.24. The molecule has 0 spiro atoms. The number of hydrogen-bond acceptors (Lipinski definition) is 3. The van der Waals surface area contributed by atoms with Gasteiger partial charge in [-0.2, -0.15) is 0 Å². The third-order valence-corrected chi connectivity index (χ3v) is 4.40. The van der Waals surface area contributed by atoms with Crippen LogP contribution >= 0.6 is 0 Å². The van der Waals surface area contributed by atoms with E-state index < -0.39 is 0 Å². The lowest BCUT2D eigenvalue weighted by molar-refractivity contribution is -0.907. The normalized spacial score (nSPS) is 12.8. The summed E-state index contributed by atoms with van der Waals surface area (Å²) in [5.41, 5.74) is 2.40. The smallest absolute Gasteiger partial charge is 0.282 e. The van der Waals surface area contributed by atoms with E-state index in [1.807, 2.05) is 44.3 Å². The maximum atomic E-state index is 12.5. The molecule has 0 aromatic heterocycles. The van der Waals surface area contributed by atoms with Crippen LogP contribution in [0.4, 0.5) is 5.69 Å². The summed E-state index contributed by atoms with van der Waals surface area (Å²) in [6, 6.07) is 14.5. The highest BCUT2D eigenvalue weighted by atomic mass is 16.5. The SMILES string of the molecule is CNC(=O)c1ccc(C[NH+](C)[C@H](C)C(=O)Nc2cccc(OC)c2)cc1. The summed E-state index contributed by atoms with van der Waals surface area (Å²) in [6.45, 7) is 2.57. The van der Waals surface area contributed by atoms with Crippen LogP contribution in [0.5, 0.6) is 5.75 Å². The van der Waals surface area contributed by atoms with Gasteiger partial charge < -0.3 is 20.3 Å². The summed E-state index contributed by atoms with van der Waals surface area (Å²) < 4.78 is 5.17. The van der Waals surface area contributed by atoms with Crippen LogP contribution in [-0.4, -0.2) is 39.1 Å². The van der Waals surface area contributed by atoms with Crippen LogP contribution in [0.2, 0.25) is 0 Å². The average Bonchev–Trinajstić information content (AvgIpc) is 2.67. The lowest BCUT2D eigenvalue weighted by atomic mass is 10.1. The molecule has 138 valence electrons. The molecule has 2 aromatic carbocycles. The number of methoxy groups -OCH3 is 1. The first-order valence-electron chi connectivity index (χ1n) is 8.53. The van der Waals surface area contributed by atoms with E-state index in [1.165, 1.54) is 0 Å². The summed E-state index contributed by atoms with van der Waals surface area (Å²) in [5.74, 6) is 0.536. The number of hydrogen-bond donors (Lipinski definition) is 3. The highest BCUT2D eigenvalue weighted by Gasteiger charge is 2.22. The molecule has 26 heavy (non-hydrogen) atoms. The van der Waals surface area contributed by atoms with Crippen LogP contribution < -0.4 is 20.3 Å². The minimum absolute atomic E-state index is 0.0577. The topological polar surface area (TPSA) is 71.9 Å². The van der Waals surface area contributed by atoms with Gasteiger partial charge in [0, 0.05) is 29.9 Å². The van der Waals surface area contributed by atoms with Gasteiger partial charge in [0.05, 0.1) is 14.2 Å². The van der Waals surface area contributed by atoms with Crippen molar-refractivity contribution in [1.82, 2.24) is 5.32 Å². The van der Waals surface area contributed by atoms with E-state index in [4.69, 9.17) is 4.74 Å². The van der Waals surface area contributed by atoms with E-state index in [2.05, 4.69) is 10.6 Å². The zero-order valence-electron chi connectivity index (χ0n) is 15.6. The molecule has 2 atom stereocenters. The standard InChI is InChI=1S/C20H25N3O3/c1-14(19(24)22-17-6-5-7-18(12-17)26-4)23(3)13-15-8-10-16(11-9-15)20(25)21-2/h5-12,14H,13H2,1-4H3,(H,21,25)(H,22,24)/p+1/t14-/m1/s1. The summed E-state index contributed by atoms with van der Waals surface area (Å²) >= 11 is 0. The van der Waals surface area contributed by atoms with Crippen LogP contribution in [0.1, 0.15) is 22.8 Å². The second kappa shape index (κ2) is 9.01. The maximum Gasteiger partial charge on any atom is 0.282 e. The first-order valence-corrected chi connectivity index (χ1v) is 8.53. The monoisotopic (exact) mass is 356 g/mol. The Bertz CT molecular complexity index is 759. The summed E-state index contributed by atoms with van der Waals surface area (Å²) in [5, 5.41) is 5.52. The minimum Gasteiger partial charge on any atom is -0.497 e. The Morgan fingerprint density at radius 3 is 2.46 bits per heavy atom. The van der Waals surface area contributed by atoms with Gasteiger partial charge in [-0.05, 0) is 31.2 Å². The van der Waals surface area contributed by atoms with E-state index in [0.29, 0.717) is 23.5 Å². The number of ether oxygens (including phenoxy) is 1. The Balaban J connectivity index is 1.96. The van der Waals surface area contributed by atoms with Gasteiger partial charge in [-0.15, -0.1) is 0 Å². The van der Waals surface area contributed by atoms with Gasteiger partial charge in [0.1, 0.15) is 12.3 Å². The molecule has 0 bridgehead atoms. The zero-order chi connectivity index (χ0) is 19.1. The molecule has 0 aliphatic heterocycles. The van der Waals surface area contributed by atoms with E-state index in [0.717, 1.165) is 10.5 Å². The van der Waals surface area contributed by atoms with Crippen molar-refractivity contribution in [3.05, 3.63) is 59.7 Å². The molecule has 0 radical (unpaired) electrons. The molecule has 6 nitrogen and oxygen atoms in total. The van der Waals surface area contributed by atoms with Crippen molar-refractivity contribution in [2.24, 2.45) is 0 Å². The summed E-state index contributed by atoms with van der Waals surface area (Å²) in [4.78, 5) is 25.1. The van der Waals surface area contributed by atoms with Crippen molar-refractivity contribution in [1.29, 1.82) is 0 Å². The molecule has 1 unspecified atom stereocenters. The van der Waals surface area contributed by atoms with Crippen LogP contribution in [0.25, 0.3) is 0 Å². The van der Waals surface area contributed by atoms with Gasteiger partial charge in [0.15, 0.2) is 6.04 Å². The maximum absolute atomic E-state index is 12.5. The van der Waals surface area contributed by atoms with E-state index >= 15 is 0 Å². The van der Waals surface area contributed by atoms with Crippen LogP contribution in [0.3, 0.4) is 0 Å². The molecule has 0 aliphatic rings. The van der Waals surface area contributed by atoms with Gasteiger partial charge in [-0.25, -0.2) is 0 Å². The van der Waals surface area contributed by atoms with Crippen molar-refractivity contribution < 1.29 is 19.2 Å². The highest BCUT2D eigenvalue weighted by Crippen LogP contribution is 2.16. The van der Waals surface area contributed by atoms with Crippen molar-refractivity contribution in [2.75, 3.05) is 26.5 Å². The van der Waals surface area contributed by atoms with E-state index in [9.17, 15) is 9.59 Å². The van der Waals surface area contributed by atoms with E-state index in [1.54, 1.807) is 32.4 Å². The second-order valence-corrected chi connectivity index (χ2v) is 6.24. The lowest BCUT2D eigenvalue weighted by Crippen LogP contribution is -3.12. The van der Waals surface area contributed by atoms with Gasteiger partial charge in [0.25, 0.3) is 11.8 Å². The van der Waals surface area contributed by atoms with Crippen LogP contribution in [0.15, 0.2) is 48.5 Å². The van der Waals surface area contributed by atoms with E-state index in [-0.39, 0.29) is 17.9 Å². The Kier molecular flexibility index (Phi) is 6.74. The van der Waals surface area contributed by atoms with Crippen LogP contribution in [0, 0.1) is 0 Å². The molecular weight excluding hydrogens is 330 g/mol. The predicted octanol–water partition coefficient (Wildman–Crippen LogP) is 1.10. The number of carbonyl (C=O) groups is 2. The molecule has 0 heterocycles. The van der Waals surface area contributed by atoms with Crippen molar-refractivity contribution >= 4 is 17.5 Å². The first kappa shape index (κ1) is 19.5. The first-order chi connectivity index (χ1) is 12.4. The number of carbonyl (C=O) groups excluding carboxylic acids is 2. The number of likely N-dealkylation sites (N-methyl/N-ethyl adjacent to an activating group) is 1. The largest absolute Gasteiger partial charge is 0.497 e. The van der Waals surface area contributed by atoms with Crippen molar-refractivity contribution in [2.45, 2.75) is 19.5 Å². The Hall–Kier alpha value is -2.86. The molecule has 2 rings (SSSR count). The number of amides is 2. The van der Waals surface area contributed by atoms with Gasteiger partial charge >= 0.3 is 0 Å². The quantitative estimate of drug-likeness (QED) is 0.696. The fourth-order valence-corrected chi connectivity index (χ4v) is 2.57. The zero-order valence-corrected chi connectivity index (χ0v) is 15.6. The van der Waals surface area contributed by atoms with Gasteiger partial charge in [0.2, 0.25) is 0 Å². The molecular formula is C20H26N3O3+. The Morgan fingerprint density at radius 1 is 1.15 bits per heavy atom. The highest BCUT2D eigenvalue weighted by molar-refractivity contribution is 5.94. The molecule has 0 saturated carbocycles. The third-order valence-electron chi connectivity index (χ3n) is 4.40. The molecule has 0 saturated heterocycles. The van der Waals surface area contributed by atoms with Crippen molar-refractivity contribution in [3.63, 3.8) is 0 Å². The molecule has 6 heteroatoms. The average molecular weight is 356 g/mol. The molecule has 2 amide bonds. The fraction of sp³-hybridized carbons (Fsp3) is 0.300. The van der Waals surface area contributed by atoms with Crippen LogP contribution in [-0.2, 0) is 11.3 Å². The number of nitrogens with one attached hydrogen (secondary N) is 3. The van der Waals surface area contributed by atoms with Gasteiger partial charge in [-0.1, -0.05) is 18.2 Å². The minimum atomic E-state index is -0.236. The molecule has 2 aromatic rings. The number of anilines is 1. The van der Waals surface area contributed by atoms with Crippen molar-refractivity contribution in [3.8, 4) is 5.75 Å². The number of rotatable bonds is 7. The molecule has 0 aliphatic carbocycles. The lowest BCUT2D eigenvalue weighted by Gasteiger charge is -2.21.